The highest BCUT2D eigenvalue weighted by molar-refractivity contribution is 5.79. The van der Waals surface area contributed by atoms with Gasteiger partial charge in [0.25, 0.3) is 0 Å². The lowest BCUT2D eigenvalue weighted by molar-refractivity contribution is 0.273. The summed E-state index contributed by atoms with van der Waals surface area (Å²) in [6.45, 7) is 6.36. The molecule has 2 heterocycles. The van der Waals surface area contributed by atoms with Gasteiger partial charge in [-0.25, -0.2) is 4.98 Å². The van der Waals surface area contributed by atoms with Crippen LogP contribution in [-0.2, 0) is 6.54 Å². The fourth-order valence-electron chi connectivity index (χ4n) is 2.27. The Morgan fingerprint density at radius 2 is 2.22 bits per heavy atom. The van der Waals surface area contributed by atoms with Gasteiger partial charge in [0.1, 0.15) is 0 Å². The second kappa shape index (κ2) is 6.42. The van der Waals surface area contributed by atoms with Crippen LogP contribution in [0.15, 0.2) is 23.7 Å². The largest absolute Gasteiger partial charge is 0.354 e. The quantitative estimate of drug-likeness (QED) is 0.646. The maximum atomic E-state index is 4.36. The molecule has 1 aliphatic rings. The summed E-state index contributed by atoms with van der Waals surface area (Å²) in [7, 11) is 1.86. The molecule has 0 radical (unpaired) electrons. The highest BCUT2D eigenvalue weighted by Gasteiger charge is 2.18. The van der Waals surface area contributed by atoms with Crippen LogP contribution in [0.2, 0.25) is 0 Å². The molecule has 1 aromatic heterocycles. The lowest BCUT2D eigenvalue weighted by atomic mass is 10.00. The number of likely N-dealkylation sites (tertiary alicyclic amines) is 1. The molecule has 5 nitrogen and oxygen atoms in total. The normalized spacial score (nSPS) is 18.1. The summed E-state index contributed by atoms with van der Waals surface area (Å²) in [5, 5.41) is 3.42. The first-order chi connectivity index (χ1) is 8.79. The van der Waals surface area contributed by atoms with Crippen LogP contribution in [0.4, 0.5) is 0 Å². The minimum absolute atomic E-state index is 0.852. The first-order valence-corrected chi connectivity index (χ1v) is 6.71. The van der Waals surface area contributed by atoms with Crippen molar-refractivity contribution < 1.29 is 0 Å². The highest BCUT2D eigenvalue weighted by Crippen LogP contribution is 2.15. The Morgan fingerprint density at radius 3 is 2.83 bits per heavy atom. The first kappa shape index (κ1) is 12.9. The van der Waals surface area contributed by atoms with Crippen LogP contribution in [0.25, 0.3) is 0 Å². The molecule has 18 heavy (non-hydrogen) atoms. The van der Waals surface area contributed by atoms with Crippen molar-refractivity contribution in [3.63, 3.8) is 0 Å². The number of aromatic nitrogens is 2. The number of aliphatic imine (C=N–C) groups is 1. The smallest absolute Gasteiger partial charge is 0.193 e. The van der Waals surface area contributed by atoms with Gasteiger partial charge in [-0.15, -0.1) is 0 Å². The Morgan fingerprint density at radius 1 is 1.44 bits per heavy atom. The predicted molar refractivity (Wildman–Crippen MR) is 73.6 cm³/mol. The molecule has 1 aliphatic heterocycles. The third kappa shape index (κ3) is 3.48. The van der Waals surface area contributed by atoms with Crippen LogP contribution < -0.4 is 5.32 Å². The van der Waals surface area contributed by atoms with Gasteiger partial charge < -0.3 is 14.8 Å². The SMILES string of the molecule is CN=C(NCCn1ccnc1)N1CCC(C)CC1. The van der Waals surface area contributed by atoms with E-state index in [1.807, 2.05) is 19.6 Å². The van der Waals surface area contributed by atoms with Crippen molar-refractivity contribution in [2.75, 3.05) is 26.7 Å². The molecule has 2 rings (SSSR count). The number of hydrogen-bond acceptors (Lipinski definition) is 2. The molecular formula is C13H23N5. The van der Waals surface area contributed by atoms with E-state index in [1.54, 1.807) is 6.20 Å². The summed E-state index contributed by atoms with van der Waals surface area (Å²) in [5.74, 6) is 1.88. The lowest BCUT2D eigenvalue weighted by Crippen LogP contribution is -2.46. The topological polar surface area (TPSA) is 45.5 Å². The third-order valence-electron chi connectivity index (χ3n) is 3.51. The van der Waals surface area contributed by atoms with Crippen LogP contribution in [0.3, 0.4) is 0 Å². The van der Waals surface area contributed by atoms with E-state index in [1.165, 1.54) is 12.8 Å². The number of piperidine rings is 1. The van der Waals surface area contributed by atoms with Gasteiger partial charge >= 0.3 is 0 Å². The number of nitrogens with one attached hydrogen (secondary N) is 1. The maximum Gasteiger partial charge on any atom is 0.193 e. The molecule has 0 amide bonds. The Hall–Kier alpha value is -1.52. The number of guanidine groups is 1. The molecule has 1 N–H and O–H groups in total. The Balaban J connectivity index is 1.75. The molecular weight excluding hydrogens is 226 g/mol. The molecule has 5 heteroatoms. The number of hydrogen-bond donors (Lipinski definition) is 1. The molecule has 1 aromatic rings. The zero-order valence-electron chi connectivity index (χ0n) is 11.3. The van der Waals surface area contributed by atoms with Gasteiger partial charge in [0.05, 0.1) is 6.33 Å². The maximum absolute atomic E-state index is 4.36. The molecule has 1 fully saturated rings. The van der Waals surface area contributed by atoms with Crippen molar-refractivity contribution in [2.24, 2.45) is 10.9 Å². The van der Waals surface area contributed by atoms with Crippen LogP contribution in [-0.4, -0.2) is 47.1 Å². The minimum atomic E-state index is 0.852. The van der Waals surface area contributed by atoms with Crippen LogP contribution >= 0.6 is 0 Å². The highest BCUT2D eigenvalue weighted by atomic mass is 15.3. The zero-order chi connectivity index (χ0) is 12.8. The van der Waals surface area contributed by atoms with Gasteiger partial charge in [0.2, 0.25) is 0 Å². The van der Waals surface area contributed by atoms with Gasteiger partial charge in [-0.3, -0.25) is 4.99 Å². The minimum Gasteiger partial charge on any atom is -0.354 e. The summed E-state index contributed by atoms with van der Waals surface area (Å²) in [6, 6.07) is 0. The second-order valence-electron chi connectivity index (χ2n) is 4.94. The summed E-state index contributed by atoms with van der Waals surface area (Å²) >= 11 is 0. The van der Waals surface area contributed by atoms with Crippen LogP contribution in [0, 0.1) is 5.92 Å². The molecule has 0 spiro atoms. The number of imidazole rings is 1. The van der Waals surface area contributed by atoms with Crippen molar-refractivity contribution >= 4 is 5.96 Å². The molecule has 100 valence electrons. The van der Waals surface area contributed by atoms with Gasteiger partial charge in [-0.1, -0.05) is 6.92 Å². The van der Waals surface area contributed by atoms with Crippen LogP contribution in [0.1, 0.15) is 19.8 Å². The molecule has 0 saturated carbocycles. The first-order valence-electron chi connectivity index (χ1n) is 6.71. The summed E-state index contributed by atoms with van der Waals surface area (Å²) in [4.78, 5) is 10.8. The number of rotatable bonds is 3. The predicted octanol–water partition coefficient (Wildman–Crippen LogP) is 1.19. The van der Waals surface area contributed by atoms with Gasteiger partial charge in [0, 0.05) is 45.6 Å². The van der Waals surface area contributed by atoms with Gasteiger partial charge in [-0.2, -0.15) is 0 Å². The van der Waals surface area contributed by atoms with E-state index < -0.39 is 0 Å². The fraction of sp³-hybridized carbons (Fsp3) is 0.692. The van der Waals surface area contributed by atoms with E-state index >= 15 is 0 Å². The van der Waals surface area contributed by atoms with E-state index in [4.69, 9.17) is 0 Å². The van der Waals surface area contributed by atoms with E-state index in [2.05, 4.69) is 31.7 Å². The van der Waals surface area contributed by atoms with Gasteiger partial charge in [0.15, 0.2) is 5.96 Å². The Labute approximate surface area is 109 Å². The van der Waals surface area contributed by atoms with E-state index in [9.17, 15) is 0 Å². The molecule has 1 saturated heterocycles. The number of nitrogens with zero attached hydrogens (tertiary/aromatic N) is 4. The van der Waals surface area contributed by atoms with E-state index in [-0.39, 0.29) is 0 Å². The van der Waals surface area contributed by atoms with Crippen molar-refractivity contribution in [1.82, 2.24) is 19.8 Å². The van der Waals surface area contributed by atoms with Crippen molar-refractivity contribution in [3.05, 3.63) is 18.7 Å². The zero-order valence-corrected chi connectivity index (χ0v) is 11.3. The molecule has 0 atom stereocenters. The molecule has 0 aliphatic carbocycles. The molecule has 0 unspecified atom stereocenters. The van der Waals surface area contributed by atoms with Gasteiger partial charge in [-0.05, 0) is 18.8 Å². The average Bonchev–Trinajstić information content (AvgIpc) is 2.89. The van der Waals surface area contributed by atoms with E-state index in [0.29, 0.717) is 0 Å². The summed E-state index contributed by atoms with van der Waals surface area (Å²) < 4.78 is 2.07. The molecule has 0 bridgehead atoms. The lowest BCUT2D eigenvalue weighted by Gasteiger charge is -2.32. The monoisotopic (exact) mass is 249 g/mol. The Kier molecular flexibility index (Phi) is 4.61. The third-order valence-corrected chi connectivity index (χ3v) is 3.51. The molecule has 0 aromatic carbocycles. The average molecular weight is 249 g/mol. The van der Waals surface area contributed by atoms with Crippen molar-refractivity contribution in [1.29, 1.82) is 0 Å². The fourth-order valence-corrected chi connectivity index (χ4v) is 2.27. The van der Waals surface area contributed by atoms with Crippen molar-refractivity contribution in [3.8, 4) is 0 Å². The summed E-state index contributed by atoms with van der Waals surface area (Å²) in [5.41, 5.74) is 0. The second-order valence-corrected chi connectivity index (χ2v) is 4.94. The summed E-state index contributed by atoms with van der Waals surface area (Å²) in [6.07, 6.45) is 8.16. The van der Waals surface area contributed by atoms with Crippen LogP contribution in [0.5, 0.6) is 0 Å². The Bertz CT molecular complexity index is 363. The standard InChI is InChI=1S/C13H23N5/c1-12-3-7-18(8-4-12)13(14-2)16-6-10-17-9-5-15-11-17/h5,9,11-12H,3-4,6-8,10H2,1-2H3,(H,14,16). The van der Waals surface area contributed by atoms with Crippen molar-refractivity contribution in [2.45, 2.75) is 26.3 Å². The van der Waals surface area contributed by atoms with E-state index in [0.717, 1.165) is 38.1 Å².